The maximum atomic E-state index is 12.2. The minimum absolute atomic E-state index is 0.0219. The first-order chi connectivity index (χ1) is 8.90. The molecule has 104 valence electrons. The van der Waals surface area contributed by atoms with Gasteiger partial charge >= 0.3 is 0 Å². The van der Waals surface area contributed by atoms with Crippen LogP contribution in [0.3, 0.4) is 0 Å². The van der Waals surface area contributed by atoms with E-state index in [9.17, 15) is 8.42 Å². The quantitative estimate of drug-likeness (QED) is 0.810. The van der Waals surface area contributed by atoms with Crippen LogP contribution in [0.2, 0.25) is 5.02 Å². The third-order valence-electron chi connectivity index (χ3n) is 2.76. The van der Waals surface area contributed by atoms with Crippen molar-refractivity contribution in [2.75, 3.05) is 13.2 Å². The summed E-state index contributed by atoms with van der Waals surface area (Å²) in [7, 11) is -3.71. The fraction of sp³-hybridized carbons (Fsp3) is 0.364. The SMILES string of the molecule is NC(=S)c1ccc(Cl)c(S(=O)(=O)NC2CCOC2)c1. The molecule has 1 fully saturated rings. The van der Waals surface area contributed by atoms with Crippen molar-refractivity contribution >= 4 is 38.8 Å². The molecule has 1 aliphatic heterocycles. The van der Waals surface area contributed by atoms with Gasteiger partial charge in [0, 0.05) is 18.2 Å². The minimum Gasteiger partial charge on any atom is -0.389 e. The maximum Gasteiger partial charge on any atom is 0.242 e. The highest BCUT2D eigenvalue weighted by atomic mass is 35.5. The van der Waals surface area contributed by atoms with E-state index in [0.29, 0.717) is 25.2 Å². The fourth-order valence-electron chi connectivity index (χ4n) is 1.77. The van der Waals surface area contributed by atoms with E-state index in [1.54, 1.807) is 6.07 Å². The fourth-order valence-corrected chi connectivity index (χ4v) is 3.68. The number of rotatable bonds is 4. The number of sulfonamides is 1. The van der Waals surface area contributed by atoms with Crippen molar-refractivity contribution < 1.29 is 13.2 Å². The molecule has 1 unspecified atom stereocenters. The van der Waals surface area contributed by atoms with Crippen molar-refractivity contribution in [3.8, 4) is 0 Å². The number of halogens is 1. The molecule has 0 saturated carbocycles. The van der Waals surface area contributed by atoms with Crippen LogP contribution >= 0.6 is 23.8 Å². The number of hydrogen-bond donors (Lipinski definition) is 2. The average molecular weight is 321 g/mol. The predicted molar refractivity (Wildman–Crippen MR) is 76.9 cm³/mol. The molecular weight excluding hydrogens is 308 g/mol. The Hall–Kier alpha value is -0.730. The average Bonchev–Trinajstić information content (AvgIpc) is 2.81. The Bertz CT molecular complexity index is 598. The van der Waals surface area contributed by atoms with Crippen LogP contribution in [-0.4, -0.2) is 32.7 Å². The van der Waals surface area contributed by atoms with Gasteiger partial charge in [0.1, 0.15) is 9.88 Å². The standard InChI is InChI=1S/C11H13ClN2O3S2/c12-9-2-1-7(11(13)18)5-10(9)19(15,16)14-8-3-4-17-6-8/h1-2,5,8,14H,3-4,6H2,(H2,13,18). The summed E-state index contributed by atoms with van der Waals surface area (Å²) in [6, 6.07) is 4.20. The number of nitrogens with two attached hydrogens (primary N) is 1. The highest BCUT2D eigenvalue weighted by Crippen LogP contribution is 2.23. The summed E-state index contributed by atoms with van der Waals surface area (Å²) in [5, 5.41) is 0.131. The summed E-state index contributed by atoms with van der Waals surface area (Å²) in [5.74, 6) is 0. The van der Waals surface area contributed by atoms with E-state index in [4.69, 9.17) is 34.3 Å². The van der Waals surface area contributed by atoms with Crippen LogP contribution < -0.4 is 10.5 Å². The van der Waals surface area contributed by atoms with Crippen LogP contribution in [0.4, 0.5) is 0 Å². The molecule has 0 spiro atoms. The molecule has 1 atom stereocenters. The van der Waals surface area contributed by atoms with Gasteiger partial charge in [-0.05, 0) is 18.6 Å². The van der Waals surface area contributed by atoms with E-state index in [2.05, 4.69) is 4.72 Å². The minimum atomic E-state index is -3.71. The van der Waals surface area contributed by atoms with Crippen LogP contribution in [0.25, 0.3) is 0 Å². The highest BCUT2D eigenvalue weighted by Gasteiger charge is 2.25. The second-order valence-electron chi connectivity index (χ2n) is 4.19. The van der Waals surface area contributed by atoms with Gasteiger partial charge in [-0.25, -0.2) is 13.1 Å². The molecule has 0 bridgehead atoms. The first kappa shape index (κ1) is 14.7. The van der Waals surface area contributed by atoms with Crippen LogP contribution in [0.15, 0.2) is 23.1 Å². The summed E-state index contributed by atoms with van der Waals surface area (Å²) in [6.07, 6.45) is 0.645. The largest absolute Gasteiger partial charge is 0.389 e. The summed E-state index contributed by atoms with van der Waals surface area (Å²) >= 11 is 10.8. The van der Waals surface area contributed by atoms with Gasteiger partial charge in [-0.3, -0.25) is 0 Å². The molecule has 1 aliphatic rings. The Kier molecular flexibility index (Phi) is 4.42. The molecule has 0 radical (unpaired) electrons. The third-order valence-corrected chi connectivity index (χ3v) is 4.99. The van der Waals surface area contributed by atoms with Gasteiger partial charge in [-0.1, -0.05) is 29.9 Å². The van der Waals surface area contributed by atoms with Crippen molar-refractivity contribution in [2.24, 2.45) is 5.73 Å². The number of thiocarbonyl (C=S) groups is 1. The number of hydrogen-bond acceptors (Lipinski definition) is 4. The first-order valence-electron chi connectivity index (χ1n) is 5.59. The van der Waals surface area contributed by atoms with Gasteiger partial charge in [0.2, 0.25) is 10.0 Å². The molecule has 1 saturated heterocycles. The zero-order valence-electron chi connectivity index (χ0n) is 9.93. The Balaban J connectivity index is 2.33. The molecule has 0 aliphatic carbocycles. The van der Waals surface area contributed by atoms with Crippen LogP contribution in [0.5, 0.6) is 0 Å². The highest BCUT2D eigenvalue weighted by molar-refractivity contribution is 7.89. The monoisotopic (exact) mass is 320 g/mol. The van der Waals surface area contributed by atoms with E-state index in [1.807, 2.05) is 0 Å². The Morgan fingerprint density at radius 3 is 2.84 bits per heavy atom. The van der Waals surface area contributed by atoms with Crippen LogP contribution in [-0.2, 0) is 14.8 Å². The van der Waals surface area contributed by atoms with E-state index < -0.39 is 10.0 Å². The van der Waals surface area contributed by atoms with Crippen molar-refractivity contribution in [1.82, 2.24) is 4.72 Å². The summed E-state index contributed by atoms with van der Waals surface area (Å²) in [5.41, 5.74) is 5.95. The van der Waals surface area contributed by atoms with E-state index in [-0.39, 0.29) is 20.9 Å². The van der Waals surface area contributed by atoms with Gasteiger partial charge < -0.3 is 10.5 Å². The van der Waals surface area contributed by atoms with E-state index in [1.165, 1.54) is 12.1 Å². The van der Waals surface area contributed by atoms with Gasteiger partial charge in [-0.15, -0.1) is 0 Å². The normalized spacial score (nSPS) is 19.5. The number of nitrogens with one attached hydrogen (secondary N) is 1. The van der Waals surface area contributed by atoms with Crippen LogP contribution in [0.1, 0.15) is 12.0 Å². The zero-order valence-corrected chi connectivity index (χ0v) is 12.3. The zero-order chi connectivity index (χ0) is 14.0. The molecule has 0 amide bonds. The summed E-state index contributed by atoms with van der Waals surface area (Å²) in [4.78, 5) is 0.101. The van der Waals surface area contributed by atoms with Gasteiger partial charge in [0.15, 0.2) is 0 Å². The molecule has 8 heteroatoms. The predicted octanol–water partition coefficient (Wildman–Crippen LogP) is 1.04. The molecule has 1 heterocycles. The molecular formula is C11H13ClN2O3S2. The summed E-state index contributed by atoms with van der Waals surface area (Å²) < 4.78 is 32.2. The summed E-state index contributed by atoms with van der Waals surface area (Å²) in [6.45, 7) is 0.916. The van der Waals surface area contributed by atoms with Gasteiger partial charge in [0.25, 0.3) is 0 Å². The lowest BCUT2D eigenvalue weighted by Crippen LogP contribution is -2.35. The third kappa shape index (κ3) is 3.43. The van der Waals surface area contributed by atoms with Crippen molar-refractivity contribution in [1.29, 1.82) is 0 Å². The molecule has 1 aromatic carbocycles. The lowest BCUT2D eigenvalue weighted by molar-refractivity contribution is 0.192. The lowest BCUT2D eigenvalue weighted by Gasteiger charge is -2.13. The molecule has 0 aromatic heterocycles. The molecule has 5 nitrogen and oxygen atoms in total. The van der Waals surface area contributed by atoms with Gasteiger partial charge in [0.05, 0.1) is 11.6 Å². The Morgan fingerprint density at radius 1 is 1.53 bits per heavy atom. The molecule has 3 N–H and O–H groups in total. The molecule has 2 rings (SSSR count). The lowest BCUT2D eigenvalue weighted by atomic mass is 10.2. The van der Waals surface area contributed by atoms with Crippen molar-refractivity contribution in [3.63, 3.8) is 0 Å². The van der Waals surface area contributed by atoms with Gasteiger partial charge in [-0.2, -0.15) is 0 Å². The molecule has 19 heavy (non-hydrogen) atoms. The number of benzene rings is 1. The Labute approximate surface area is 122 Å². The van der Waals surface area contributed by atoms with E-state index in [0.717, 1.165) is 0 Å². The van der Waals surface area contributed by atoms with Crippen LogP contribution in [0, 0.1) is 0 Å². The smallest absolute Gasteiger partial charge is 0.242 e. The first-order valence-corrected chi connectivity index (χ1v) is 7.86. The number of ether oxygens (including phenoxy) is 1. The van der Waals surface area contributed by atoms with E-state index >= 15 is 0 Å². The topological polar surface area (TPSA) is 81.4 Å². The Morgan fingerprint density at radius 2 is 2.26 bits per heavy atom. The molecule has 1 aromatic rings. The van der Waals surface area contributed by atoms with Crippen molar-refractivity contribution in [2.45, 2.75) is 17.4 Å². The maximum absolute atomic E-state index is 12.2. The second kappa shape index (κ2) is 5.72. The second-order valence-corrected chi connectivity index (χ2v) is 6.72. The van der Waals surface area contributed by atoms with Crippen molar-refractivity contribution in [3.05, 3.63) is 28.8 Å².